The predicted molar refractivity (Wildman–Crippen MR) is 121 cm³/mol. The molecule has 0 fully saturated rings. The van der Waals surface area contributed by atoms with E-state index in [9.17, 15) is 8.42 Å². The van der Waals surface area contributed by atoms with Gasteiger partial charge in [0.1, 0.15) is 11.5 Å². The number of hydrogen-bond acceptors (Lipinski definition) is 8. The maximum Gasteiger partial charge on any atom is 0.271 e. The van der Waals surface area contributed by atoms with E-state index in [1.165, 1.54) is 21.3 Å². The van der Waals surface area contributed by atoms with Gasteiger partial charge in [-0.3, -0.25) is 4.68 Å². The molecule has 33 heavy (non-hydrogen) atoms. The third-order valence-corrected chi connectivity index (χ3v) is 6.40. The molecule has 1 aromatic carbocycles. The van der Waals surface area contributed by atoms with Gasteiger partial charge in [-0.15, -0.1) is 0 Å². The minimum absolute atomic E-state index is 0.0610. The van der Waals surface area contributed by atoms with E-state index in [1.54, 1.807) is 45.7 Å². The van der Waals surface area contributed by atoms with Gasteiger partial charge >= 0.3 is 0 Å². The van der Waals surface area contributed by atoms with Crippen LogP contribution in [0, 0.1) is 0 Å². The van der Waals surface area contributed by atoms with Gasteiger partial charge in [0.15, 0.2) is 4.90 Å². The number of benzene rings is 1. The number of nitrogens with zero attached hydrogens (tertiary/aromatic N) is 4. The number of rotatable bonds is 9. The van der Waals surface area contributed by atoms with Gasteiger partial charge in [0.25, 0.3) is 10.0 Å². The van der Waals surface area contributed by atoms with Crippen molar-refractivity contribution in [3.63, 3.8) is 0 Å². The van der Waals surface area contributed by atoms with Crippen molar-refractivity contribution in [1.82, 2.24) is 19.2 Å². The van der Waals surface area contributed by atoms with Crippen molar-refractivity contribution in [2.75, 3.05) is 26.1 Å². The van der Waals surface area contributed by atoms with E-state index in [4.69, 9.17) is 19.9 Å². The van der Waals surface area contributed by atoms with E-state index in [-0.39, 0.29) is 22.3 Å². The SMILES string of the molecule is COc1cccc(OC)c1S(=O)(=O)Nc1ncc2cc(Cn3cc(CN)cn3)cc(OC)n12. The first-order chi connectivity index (χ1) is 15.9. The van der Waals surface area contributed by atoms with Gasteiger partial charge in [0.05, 0.1) is 45.8 Å². The molecule has 12 heteroatoms. The van der Waals surface area contributed by atoms with Crippen molar-refractivity contribution in [3.8, 4) is 17.4 Å². The van der Waals surface area contributed by atoms with Crippen LogP contribution in [0.4, 0.5) is 5.95 Å². The van der Waals surface area contributed by atoms with Crippen molar-refractivity contribution in [2.45, 2.75) is 18.0 Å². The summed E-state index contributed by atoms with van der Waals surface area (Å²) in [5.74, 6) is 0.753. The highest BCUT2D eigenvalue weighted by Crippen LogP contribution is 2.34. The Hall–Kier alpha value is -3.77. The van der Waals surface area contributed by atoms with Gasteiger partial charge in [0.2, 0.25) is 11.8 Å². The van der Waals surface area contributed by atoms with Gasteiger partial charge in [-0.2, -0.15) is 5.10 Å². The Morgan fingerprint density at radius 3 is 2.36 bits per heavy atom. The molecule has 3 N–H and O–H groups in total. The molecule has 0 atom stereocenters. The Kier molecular flexibility index (Phi) is 6.11. The van der Waals surface area contributed by atoms with Gasteiger partial charge in [-0.05, 0) is 23.8 Å². The summed E-state index contributed by atoms with van der Waals surface area (Å²) in [4.78, 5) is 4.14. The third kappa shape index (κ3) is 4.30. The molecule has 0 unspecified atom stereocenters. The lowest BCUT2D eigenvalue weighted by Gasteiger charge is -2.15. The molecule has 174 valence electrons. The number of ether oxygens (including phenoxy) is 3. The highest BCUT2D eigenvalue weighted by molar-refractivity contribution is 7.93. The van der Waals surface area contributed by atoms with Crippen molar-refractivity contribution >= 4 is 21.5 Å². The fourth-order valence-electron chi connectivity index (χ4n) is 3.51. The summed E-state index contributed by atoms with van der Waals surface area (Å²) in [5.41, 5.74) is 8.11. The molecule has 0 aliphatic heterocycles. The molecule has 0 saturated heterocycles. The second-order valence-corrected chi connectivity index (χ2v) is 8.71. The number of aromatic nitrogens is 4. The Morgan fingerprint density at radius 1 is 1.03 bits per heavy atom. The normalized spacial score (nSPS) is 11.5. The zero-order chi connectivity index (χ0) is 23.6. The first-order valence-corrected chi connectivity index (χ1v) is 11.4. The molecule has 0 spiro atoms. The molecule has 0 amide bonds. The fraction of sp³-hybridized carbons (Fsp3) is 0.238. The van der Waals surface area contributed by atoms with Crippen LogP contribution in [0.1, 0.15) is 11.1 Å². The van der Waals surface area contributed by atoms with E-state index in [1.807, 2.05) is 12.3 Å². The van der Waals surface area contributed by atoms with Crippen LogP contribution < -0.4 is 24.7 Å². The highest BCUT2D eigenvalue weighted by atomic mass is 32.2. The number of imidazole rings is 1. The Morgan fingerprint density at radius 2 is 1.76 bits per heavy atom. The van der Waals surface area contributed by atoms with E-state index in [0.29, 0.717) is 24.5 Å². The maximum atomic E-state index is 13.3. The van der Waals surface area contributed by atoms with E-state index in [2.05, 4.69) is 14.8 Å². The molecular formula is C21H24N6O5S. The molecule has 0 aliphatic rings. The minimum Gasteiger partial charge on any atom is -0.495 e. The number of fused-ring (bicyclic) bond motifs is 1. The number of pyridine rings is 1. The number of sulfonamides is 1. The summed E-state index contributed by atoms with van der Waals surface area (Å²) >= 11 is 0. The molecule has 0 aliphatic carbocycles. The average molecular weight is 473 g/mol. The van der Waals surface area contributed by atoms with Crippen molar-refractivity contribution in [2.24, 2.45) is 5.73 Å². The standard InChI is InChI=1S/C21H24N6O5S/c1-30-17-5-4-6-18(31-2)20(17)33(28,29)25-21-23-11-16-7-14(8-19(32-3)27(16)21)12-26-13-15(9-22)10-24-26/h4-8,10-11,13H,9,12,22H2,1-3H3,(H,23,25). The smallest absolute Gasteiger partial charge is 0.271 e. The zero-order valence-corrected chi connectivity index (χ0v) is 19.2. The second-order valence-electron chi connectivity index (χ2n) is 7.10. The summed E-state index contributed by atoms with van der Waals surface area (Å²) in [7, 11) is 0.168. The second kappa shape index (κ2) is 9.00. The first kappa shape index (κ1) is 22.4. The molecule has 0 saturated carbocycles. The number of hydrogen-bond donors (Lipinski definition) is 2. The summed E-state index contributed by atoms with van der Waals surface area (Å²) in [5, 5.41) is 4.30. The number of anilines is 1. The number of methoxy groups -OCH3 is 3. The monoisotopic (exact) mass is 472 g/mol. The summed E-state index contributed by atoms with van der Waals surface area (Å²) < 4.78 is 48.4. The largest absolute Gasteiger partial charge is 0.495 e. The van der Waals surface area contributed by atoms with Crippen LogP contribution in [0.2, 0.25) is 0 Å². The van der Waals surface area contributed by atoms with Crippen molar-refractivity contribution < 1.29 is 22.6 Å². The van der Waals surface area contributed by atoms with Crippen LogP contribution in [0.5, 0.6) is 17.4 Å². The summed E-state index contributed by atoms with van der Waals surface area (Å²) in [6.07, 6.45) is 5.14. The van der Waals surface area contributed by atoms with Crippen molar-refractivity contribution in [3.05, 3.63) is 60.0 Å². The van der Waals surface area contributed by atoms with E-state index in [0.717, 1.165) is 11.1 Å². The quantitative estimate of drug-likeness (QED) is 0.377. The zero-order valence-electron chi connectivity index (χ0n) is 18.3. The Bertz CT molecular complexity index is 1370. The lowest BCUT2D eigenvalue weighted by molar-refractivity contribution is 0.373. The molecular weight excluding hydrogens is 448 g/mol. The lowest BCUT2D eigenvalue weighted by atomic mass is 10.2. The Labute approximate surface area is 190 Å². The summed E-state index contributed by atoms with van der Waals surface area (Å²) in [6, 6.07) is 8.39. The number of nitrogens with two attached hydrogens (primary N) is 1. The first-order valence-electron chi connectivity index (χ1n) is 9.89. The van der Waals surface area contributed by atoms with Crippen LogP contribution >= 0.6 is 0 Å². The topological polar surface area (TPSA) is 135 Å². The lowest BCUT2D eigenvalue weighted by Crippen LogP contribution is -2.17. The van der Waals surface area contributed by atoms with Gasteiger partial charge < -0.3 is 19.9 Å². The van der Waals surface area contributed by atoms with Crippen molar-refractivity contribution in [1.29, 1.82) is 0 Å². The molecule has 3 heterocycles. The van der Waals surface area contributed by atoms with Crippen LogP contribution in [-0.4, -0.2) is 48.9 Å². The van der Waals surface area contributed by atoms with Crippen LogP contribution in [-0.2, 0) is 23.1 Å². The molecule has 3 aromatic heterocycles. The van der Waals surface area contributed by atoms with E-state index < -0.39 is 10.0 Å². The predicted octanol–water partition coefficient (Wildman–Crippen LogP) is 1.86. The van der Waals surface area contributed by atoms with Crippen LogP contribution in [0.3, 0.4) is 0 Å². The van der Waals surface area contributed by atoms with Crippen LogP contribution in [0.25, 0.3) is 5.52 Å². The molecule has 4 rings (SSSR count). The average Bonchev–Trinajstić information content (AvgIpc) is 3.44. The molecule has 11 nitrogen and oxygen atoms in total. The van der Waals surface area contributed by atoms with Gasteiger partial charge in [0, 0.05) is 24.4 Å². The van der Waals surface area contributed by atoms with Gasteiger partial charge in [-0.25, -0.2) is 22.5 Å². The summed E-state index contributed by atoms with van der Waals surface area (Å²) in [6.45, 7) is 0.892. The van der Waals surface area contributed by atoms with E-state index >= 15 is 0 Å². The Balaban J connectivity index is 1.72. The highest BCUT2D eigenvalue weighted by Gasteiger charge is 2.27. The fourth-order valence-corrected chi connectivity index (χ4v) is 4.82. The molecule has 4 aromatic rings. The number of nitrogens with one attached hydrogen (secondary N) is 1. The van der Waals surface area contributed by atoms with Crippen LogP contribution in [0.15, 0.2) is 53.8 Å². The van der Waals surface area contributed by atoms with Gasteiger partial charge in [-0.1, -0.05) is 6.07 Å². The third-order valence-electron chi connectivity index (χ3n) is 5.00. The molecule has 0 radical (unpaired) electrons. The maximum absolute atomic E-state index is 13.3. The minimum atomic E-state index is -4.11. The molecule has 0 bridgehead atoms.